The Morgan fingerprint density at radius 3 is 2.24 bits per heavy atom. The van der Waals surface area contributed by atoms with Gasteiger partial charge in [-0.3, -0.25) is 9.59 Å². The number of nitrogens with one attached hydrogen (secondary N) is 2. The van der Waals surface area contributed by atoms with E-state index in [0.717, 1.165) is 12.8 Å². The number of rotatable bonds is 11. The molecular formula is C27H25Cl2N3O5. The Morgan fingerprint density at radius 1 is 0.892 bits per heavy atom. The molecule has 0 aliphatic heterocycles. The molecular weight excluding hydrogens is 517 g/mol. The number of benzene rings is 3. The number of halogens is 2. The summed E-state index contributed by atoms with van der Waals surface area (Å²) in [6, 6.07) is 17.8. The average molecular weight is 542 g/mol. The number of carbonyl (C=O) groups excluding carboxylic acids is 3. The van der Waals surface area contributed by atoms with Gasteiger partial charge in [-0.15, -0.1) is 0 Å². The first-order chi connectivity index (χ1) is 17.9. The number of nitrogens with zero attached hydrogens (tertiary/aromatic N) is 1. The van der Waals surface area contributed by atoms with Crippen molar-refractivity contribution in [1.82, 2.24) is 10.7 Å². The maximum absolute atomic E-state index is 12.4. The predicted octanol–water partition coefficient (Wildman–Crippen LogP) is 5.27. The molecule has 3 aromatic carbocycles. The van der Waals surface area contributed by atoms with Crippen LogP contribution < -0.4 is 20.2 Å². The highest BCUT2D eigenvalue weighted by atomic mass is 35.5. The van der Waals surface area contributed by atoms with Gasteiger partial charge in [0.2, 0.25) is 0 Å². The lowest BCUT2D eigenvalue weighted by Crippen LogP contribution is -2.34. The van der Waals surface area contributed by atoms with Gasteiger partial charge < -0.3 is 14.8 Å². The van der Waals surface area contributed by atoms with Gasteiger partial charge in [-0.1, -0.05) is 36.5 Å². The monoisotopic (exact) mass is 541 g/mol. The summed E-state index contributed by atoms with van der Waals surface area (Å²) in [7, 11) is 0. The van der Waals surface area contributed by atoms with Gasteiger partial charge >= 0.3 is 5.97 Å². The minimum atomic E-state index is -0.517. The van der Waals surface area contributed by atoms with Crippen LogP contribution in [0.25, 0.3) is 0 Å². The molecule has 2 N–H and O–H groups in total. The molecule has 0 heterocycles. The Bertz CT molecular complexity index is 1260. The Balaban J connectivity index is 1.43. The normalized spacial score (nSPS) is 10.7. The Morgan fingerprint density at radius 2 is 1.57 bits per heavy atom. The van der Waals surface area contributed by atoms with Crippen molar-refractivity contribution in [2.45, 2.75) is 19.8 Å². The number of esters is 1. The minimum absolute atomic E-state index is 0.242. The van der Waals surface area contributed by atoms with E-state index < -0.39 is 17.8 Å². The van der Waals surface area contributed by atoms with Gasteiger partial charge in [0.15, 0.2) is 0 Å². The fraction of sp³-hybridized carbons (Fsp3) is 0.185. The van der Waals surface area contributed by atoms with Gasteiger partial charge in [-0.05, 0) is 78.7 Å². The fourth-order valence-corrected chi connectivity index (χ4v) is 3.23. The van der Waals surface area contributed by atoms with Crippen molar-refractivity contribution in [2.75, 3.05) is 13.2 Å². The predicted molar refractivity (Wildman–Crippen MR) is 143 cm³/mol. The second kappa shape index (κ2) is 14.0. The zero-order valence-corrected chi connectivity index (χ0v) is 21.5. The zero-order chi connectivity index (χ0) is 26.6. The van der Waals surface area contributed by atoms with E-state index in [2.05, 4.69) is 22.8 Å². The van der Waals surface area contributed by atoms with Crippen LogP contribution in [0.5, 0.6) is 11.5 Å². The summed E-state index contributed by atoms with van der Waals surface area (Å²) in [6.45, 7) is 2.44. The molecule has 37 heavy (non-hydrogen) atoms. The number of hydrogen-bond acceptors (Lipinski definition) is 6. The molecule has 0 unspecified atom stereocenters. The van der Waals surface area contributed by atoms with Crippen LogP contribution in [0.4, 0.5) is 0 Å². The number of hydrogen-bond donors (Lipinski definition) is 2. The van der Waals surface area contributed by atoms with E-state index >= 15 is 0 Å². The SMILES string of the molecule is CCCCOc1ccc(C(=O)Oc2ccc(/C=N/NC(=O)CNC(=O)c3ccc(Cl)c(Cl)c3)cc2)cc1. The van der Waals surface area contributed by atoms with Crippen LogP contribution >= 0.6 is 23.2 Å². The fourth-order valence-electron chi connectivity index (χ4n) is 2.93. The highest BCUT2D eigenvalue weighted by molar-refractivity contribution is 6.42. The van der Waals surface area contributed by atoms with Crippen LogP contribution in [-0.2, 0) is 4.79 Å². The van der Waals surface area contributed by atoms with Crippen LogP contribution in [-0.4, -0.2) is 37.1 Å². The molecule has 0 saturated heterocycles. The zero-order valence-electron chi connectivity index (χ0n) is 20.0. The summed E-state index contributed by atoms with van der Waals surface area (Å²) >= 11 is 11.7. The number of unbranched alkanes of at least 4 members (excludes halogenated alkanes) is 1. The quantitative estimate of drug-likeness (QED) is 0.113. The molecule has 0 saturated carbocycles. The van der Waals surface area contributed by atoms with Crippen LogP contribution in [0.1, 0.15) is 46.0 Å². The van der Waals surface area contributed by atoms with E-state index in [1.54, 1.807) is 48.5 Å². The minimum Gasteiger partial charge on any atom is -0.494 e. The Kier molecular flexibility index (Phi) is 10.5. The molecule has 3 rings (SSSR count). The van der Waals surface area contributed by atoms with E-state index in [0.29, 0.717) is 34.3 Å². The summed E-state index contributed by atoms with van der Waals surface area (Å²) in [5.41, 5.74) is 3.66. The molecule has 0 aromatic heterocycles. The topological polar surface area (TPSA) is 106 Å². The third kappa shape index (κ3) is 8.93. The van der Waals surface area contributed by atoms with Crippen molar-refractivity contribution in [3.8, 4) is 11.5 Å². The van der Waals surface area contributed by atoms with Gasteiger partial charge in [0.05, 0.1) is 35.0 Å². The van der Waals surface area contributed by atoms with Crippen molar-refractivity contribution in [3.63, 3.8) is 0 Å². The van der Waals surface area contributed by atoms with E-state index in [9.17, 15) is 14.4 Å². The molecule has 0 aliphatic carbocycles. The molecule has 10 heteroatoms. The van der Waals surface area contributed by atoms with Crippen LogP contribution in [0.3, 0.4) is 0 Å². The smallest absolute Gasteiger partial charge is 0.343 e. The van der Waals surface area contributed by atoms with Crippen LogP contribution in [0, 0.1) is 0 Å². The Hall–Kier alpha value is -3.88. The molecule has 3 aromatic rings. The molecule has 192 valence electrons. The maximum Gasteiger partial charge on any atom is 0.343 e. The van der Waals surface area contributed by atoms with Gasteiger partial charge in [-0.2, -0.15) is 5.10 Å². The van der Waals surface area contributed by atoms with E-state index in [1.165, 1.54) is 24.4 Å². The molecule has 0 bridgehead atoms. The average Bonchev–Trinajstić information content (AvgIpc) is 2.90. The first-order valence-electron chi connectivity index (χ1n) is 11.5. The first kappa shape index (κ1) is 27.7. The third-order valence-electron chi connectivity index (χ3n) is 4.94. The van der Waals surface area contributed by atoms with Crippen LogP contribution in [0.2, 0.25) is 10.0 Å². The number of amides is 2. The van der Waals surface area contributed by atoms with E-state index in [4.69, 9.17) is 32.7 Å². The molecule has 0 spiro atoms. The Labute approximate surface area is 224 Å². The summed E-state index contributed by atoms with van der Waals surface area (Å²) in [6.07, 6.45) is 3.43. The molecule has 0 radical (unpaired) electrons. The second-order valence-electron chi connectivity index (χ2n) is 7.79. The second-order valence-corrected chi connectivity index (χ2v) is 8.60. The molecule has 0 fully saturated rings. The molecule has 0 atom stereocenters. The number of carbonyl (C=O) groups is 3. The molecule has 2 amide bonds. The lowest BCUT2D eigenvalue weighted by molar-refractivity contribution is -0.120. The standard InChI is InChI=1S/C27H25Cl2N3O5/c1-2-3-14-36-21-11-6-19(7-12-21)27(35)37-22-9-4-18(5-10-22)16-31-32-25(33)17-30-26(34)20-8-13-23(28)24(29)15-20/h4-13,15-16H,2-3,14,17H2,1H3,(H,30,34)(H,32,33)/b31-16+. The summed E-state index contributed by atoms with van der Waals surface area (Å²) < 4.78 is 11.0. The third-order valence-corrected chi connectivity index (χ3v) is 5.68. The maximum atomic E-state index is 12.4. The highest BCUT2D eigenvalue weighted by Gasteiger charge is 2.10. The van der Waals surface area contributed by atoms with Crippen molar-refractivity contribution in [2.24, 2.45) is 5.10 Å². The first-order valence-corrected chi connectivity index (χ1v) is 12.2. The van der Waals surface area contributed by atoms with Crippen molar-refractivity contribution < 1.29 is 23.9 Å². The van der Waals surface area contributed by atoms with E-state index in [-0.39, 0.29) is 17.1 Å². The molecule has 0 aliphatic rings. The van der Waals surface area contributed by atoms with E-state index in [1.807, 2.05) is 0 Å². The van der Waals surface area contributed by atoms with Crippen molar-refractivity contribution in [3.05, 3.63) is 93.5 Å². The lowest BCUT2D eigenvalue weighted by atomic mass is 10.2. The lowest BCUT2D eigenvalue weighted by Gasteiger charge is -2.07. The largest absolute Gasteiger partial charge is 0.494 e. The van der Waals surface area contributed by atoms with Crippen molar-refractivity contribution in [1.29, 1.82) is 0 Å². The van der Waals surface area contributed by atoms with Gasteiger partial charge in [0.25, 0.3) is 11.8 Å². The summed E-state index contributed by atoms with van der Waals surface area (Å²) in [5, 5.41) is 6.89. The van der Waals surface area contributed by atoms with Gasteiger partial charge in [0.1, 0.15) is 11.5 Å². The van der Waals surface area contributed by atoms with Crippen LogP contribution in [0.15, 0.2) is 71.8 Å². The number of ether oxygens (including phenoxy) is 2. The summed E-state index contributed by atoms with van der Waals surface area (Å²) in [4.78, 5) is 36.4. The molecule has 8 nitrogen and oxygen atoms in total. The summed E-state index contributed by atoms with van der Waals surface area (Å²) in [5.74, 6) is -0.415. The van der Waals surface area contributed by atoms with Gasteiger partial charge in [0, 0.05) is 5.56 Å². The highest BCUT2D eigenvalue weighted by Crippen LogP contribution is 2.22. The number of hydrazone groups is 1. The van der Waals surface area contributed by atoms with Crippen molar-refractivity contribution >= 4 is 47.2 Å². The van der Waals surface area contributed by atoms with Gasteiger partial charge in [-0.25, -0.2) is 10.2 Å².